The molecule has 0 spiro atoms. The smallest absolute Gasteiger partial charge is 0.242 e. The van der Waals surface area contributed by atoms with Crippen LogP contribution >= 0.6 is 0 Å². The maximum Gasteiger partial charge on any atom is 0.242 e. The molecule has 0 aliphatic rings. The van der Waals surface area contributed by atoms with Crippen molar-refractivity contribution in [2.75, 3.05) is 6.54 Å². The van der Waals surface area contributed by atoms with Crippen molar-refractivity contribution in [3.8, 4) is 0 Å². The standard InChI is InChI=1S/C10H20N4O3/c1-3-4-13-9(16)6(2)14-10(17)7(11)5-8(12)15/h6-7H,3-5,11H2,1-2H3,(H2,12,15)(H,13,16)(H,14,17). The predicted octanol–water partition coefficient (Wildman–Crippen LogP) is -1.78. The molecule has 0 radical (unpaired) electrons. The van der Waals surface area contributed by atoms with Gasteiger partial charge in [-0.2, -0.15) is 0 Å². The monoisotopic (exact) mass is 244 g/mol. The molecule has 0 saturated carbocycles. The first-order chi connectivity index (χ1) is 7.88. The van der Waals surface area contributed by atoms with Gasteiger partial charge >= 0.3 is 0 Å². The van der Waals surface area contributed by atoms with Crippen LogP contribution in [0.4, 0.5) is 0 Å². The van der Waals surface area contributed by atoms with Gasteiger partial charge in [0.15, 0.2) is 0 Å². The van der Waals surface area contributed by atoms with Gasteiger partial charge in [0.05, 0.1) is 12.5 Å². The Morgan fingerprint density at radius 2 is 1.82 bits per heavy atom. The Balaban J connectivity index is 4.10. The van der Waals surface area contributed by atoms with Crippen molar-refractivity contribution in [3.05, 3.63) is 0 Å². The Labute approximate surface area is 100 Å². The highest BCUT2D eigenvalue weighted by Crippen LogP contribution is 1.90. The molecule has 7 nitrogen and oxygen atoms in total. The minimum atomic E-state index is -1.02. The number of carbonyl (C=O) groups is 3. The van der Waals surface area contributed by atoms with Crippen LogP contribution in [0.25, 0.3) is 0 Å². The Morgan fingerprint density at radius 3 is 2.29 bits per heavy atom. The van der Waals surface area contributed by atoms with Crippen LogP contribution in [-0.4, -0.2) is 36.3 Å². The van der Waals surface area contributed by atoms with E-state index in [9.17, 15) is 14.4 Å². The molecule has 0 rings (SSSR count). The fourth-order valence-electron chi connectivity index (χ4n) is 1.10. The molecule has 0 aromatic heterocycles. The molecular formula is C10H20N4O3. The fourth-order valence-corrected chi connectivity index (χ4v) is 1.10. The number of carbonyl (C=O) groups excluding carboxylic acids is 3. The molecular weight excluding hydrogens is 224 g/mol. The number of nitrogens with two attached hydrogens (primary N) is 2. The van der Waals surface area contributed by atoms with Crippen LogP contribution in [0.1, 0.15) is 26.7 Å². The summed E-state index contributed by atoms with van der Waals surface area (Å²) in [4.78, 5) is 33.4. The van der Waals surface area contributed by atoms with Crippen molar-refractivity contribution in [1.82, 2.24) is 10.6 Å². The Bertz CT molecular complexity index is 293. The zero-order valence-electron chi connectivity index (χ0n) is 10.2. The van der Waals surface area contributed by atoms with Crippen molar-refractivity contribution in [3.63, 3.8) is 0 Å². The molecule has 98 valence electrons. The molecule has 0 saturated heterocycles. The van der Waals surface area contributed by atoms with E-state index in [4.69, 9.17) is 11.5 Å². The van der Waals surface area contributed by atoms with Crippen LogP contribution in [0.2, 0.25) is 0 Å². The maximum absolute atomic E-state index is 11.4. The molecule has 3 amide bonds. The lowest BCUT2D eigenvalue weighted by atomic mass is 10.2. The van der Waals surface area contributed by atoms with Gasteiger partial charge in [-0.05, 0) is 13.3 Å². The lowest BCUT2D eigenvalue weighted by molar-refractivity contribution is -0.130. The van der Waals surface area contributed by atoms with Gasteiger partial charge in [-0.25, -0.2) is 0 Å². The van der Waals surface area contributed by atoms with Crippen molar-refractivity contribution in [2.24, 2.45) is 11.5 Å². The maximum atomic E-state index is 11.4. The van der Waals surface area contributed by atoms with Crippen LogP contribution in [0.15, 0.2) is 0 Å². The quantitative estimate of drug-likeness (QED) is 0.422. The van der Waals surface area contributed by atoms with Crippen molar-refractivity contribution >= 4 is 17.7 Å². The largest absolute Gasteiger partial charge is 0.370 e. The topological polar surface area (TPSA) is 127 Å². The van der Waals surface area contributed by atoms with Gasteiger partial charge in [0.1, 0.15) is 6.04 Å². The molecule has 0 aliphatic heterocycles. The first-order valence-corrected chi connectivity index (χ1v) is 5.50. The van der Waals surface area contributed by atoms with E-state index in [1.807, 2.05) is 6.92 Å². The van der Waals surface area contributed by atoms with E-state index in [0.717, 1.165) is 6.42 Å². The van der Waals surface area contributed by atoms with Crippen molar-refractivity contribution in [2.45, 2.75) is 38.8 Å². The first kappa shape index (κ1) is 15.4. The van der Waals surface area contributed by atoms with E-state index in [0.29, 0.717) is 6.54 Å². The second kappa shape index (κ2) is 7.61. The van der Waals surface area contributed by atoms with Gasteiger partial charge in [-0.15, -0.1) is 0 Å². The molecule has 0 bridgehead atoms. The van der Waals surface area contributed by atoms with Crippen LogP contribution in [0, 0.1) is 0 Å². The van der Waals surface area contributed by atoms with Gasteiger partial charge in [0, 0.05) is 6.54 Å². The highest BCUT2D eigenvalue weighted by Gasteiger charge is 2.20. The molecule has 2 unspecified atom stereocenters. The Hall–Kier alpha value is -1.63. The number of primary amides is 1. The van der Waals surface area contributed by atoms with Gasteiger partial charge in [-0.3, -0.25) is 14.4 Å². The summed E-state index contributed by atoms with van der Waals surface area (Å²) in [7, 11) is 0. The third-order valence-corrected chi connectivity index (χ3v) is 2.06. The number of nitrogens with one attached hydrogen (secondary N) is 2. The van der Waals surface area contributed by atoms with Crippen LogP contribution in [0.5, 0.6) is 0 Å². The van der Waals surface area contributed by atoms with E-state index in [1.165, 1.54) is 0 Å². The highest BCUT2D eigenvalue weighted by atomic mass is 16.2. The summed E-state index contributed by atoms with van der Waals surface area (Å²) >= 11 is 0. The number of rotatable bonds is 7. The predicted molar refractivity (Wildman–Crippen MR) is 62.7 cm³/mol. The summed E-state index contributed by atoms with van der Waals surface area (Å²) in [5.41, 5.74) is 10.3. The second-order valence-corrected chi connectivity index (χ2v) is 3.80. The summed E-state index contributed by atoms with van der Waals surface area (Å²) < 4.78 is 0. The van der Waals surface area contributed by atoms with Crippen LogP contribution in [0.3, 0.4) is 0 Å². The lowest BCUT2D eigenvalue weighted by Gasteiger charge is -2.16. The Morgan fingerprint density at radius 1 is 1.24 bits per heavy atom. The molecule has 0 aromatic carbocycles. The van der Waals surface area contributed by atoms with E-state index in [-0.39, 0.29) is 12.3 Å². The minimum absolute atomic E-state index is 0.241. The molecule has 2 atom stereocenters. The molecule has 6 N–H and O–H groups in total. The van der Waals surface area contributed by atoms with Crippen LogP contribution < -0.4 is 22.1 Å². The highest BCUT2D eigenvalue weighted by molar-refractivity contribution is 5.91. The lowest BCUT2D eigenvalue weighted by Crippen LogP contribution is -2.51. The Kier molecular flexibility index (Phi) is 6.88. The normalized spacial score (nSPS) is 13.6. The fraction of sp³-hybridized carbons (Fsp3) is 0.700. The molecule has 0 heterocycles. The van der Waals surface area contributed by atoms with Gasteiger partial charge < -0.3 is 22.1 Å². The first-order valence-electron chi connectivity index (χ1n) is 5.50. The van der Waals surface area contributed by atoms with Crippen molar-refractivity contribution < 1.29 is 14.4 Å². The van der Waals surface area contributed by atoms with E-state index in [1.54, 1.807) is 6.92 Å². The van der Waals surface area contributed by atoms with Gasteiger partial charge in [-0.1, -0.05) is 6.92 Å². The third kappa shape index (κ3) is 6.52. The number of hydrogen-bond donors (Lipinski definition) is 4. The van der Waals surface area contributed by atoms with Gasteiger partial charge in [0.25, 0.3) is 0 Å². The molecule has 7 heteroatoms. The van der Waals surface area contributed by atoms with E-state index >= 15 is 0 Å². The summed E-state index contributed by atoms with van der Waals surface area (Å²) in [5, 5.41) is 5.04. The summed E-state index contributed by atoms with van der Waals surface area (Å²) in [6.07, 6.45) is 0.572. The van der Waals surface area contributed by atoms with Crippen molar-refractivity contribution in [1.29, 1.82) is 0 Å². The average Bonchev–Trinajstić information content (AvgIpc) is 2.24. The minimum Gasteiger partial charge on any atom is -0.370 e. The zero-order valence-corrected chi connectivity index (χ0v) is 10.2. The third-order valence-electron chi connectivity index (χ3n) is 2.06. The summed E-state index contributed by atoms with van der Waals surface area (Å²) in [6, 6.07) is -1.71. The number of amides is 3. The average molecular weight is 244 g/mol. The van der Waals surface area contributed by atoms with E-state index < -0.39 is 23.9 Å². The molecule has 0 aromatic rings. The second-order valence-electron chi connectivity index (χ2n) is 3.80. The van der Waals surface area contributed by atoms with Gasteiger partial charge in [0.2, 0.25) is 17.7 Å². The molecule has 17 heavy (non-hydrogen) atoms. The molecule has 0 fully saturated rings. The number of hydrogen-bond acceptors (Lipinski definition) is 4. The van der Waals surface area contributed by atoms with E-state index in [2.05, 4.69) is 10.6 Å². The zero-order chi connectivity index (χ0) is 13.4. The molecule has 0 aliphatic carbocycles. The van der Waals surface area contributed by atoms with Crippen LogP contribution in [-0.2, 0) is 14.4 Å². The summed E-state index contributed by atoms with van der Waals surface area (Å²) in [5.74, 6) is -1.51. The SMILES string of the molecule is CCCNC(=O)C(C)NC(=O)C(N)CC(N)=O. The summed E-state index contributed by atoms with van der Waals surface area (Å²) in [6.45, 7) is 4.01.